The van der Waals surface area contributed by atoms with Crippen LogP contribution in [0.25, 0.3) is 0 Å². The number of pyridine rings is 1. The monoisotopic (exact) mass is 218 g/mol. The van der Waals surface area contributed by atoms with Crippen LogP contribution in [-0.4, -0.2) is 18.7 Å². The summed E-state index contributed by atoms with van der Waals surface area (Å²) in [5, 5.41) is 4.22. The molecule has 1 aromatic heterocycles. The molecule has 0 aliphatic rings. The molecule has 1 rings (SSSR count). The zero-order valence-corrected chi connectivity index (χ0v) is 8.46. The normalized spacial score (nSPS) is 13.9. The Morgan fingerprint density at radius 2 is 2.21 bits per heavy atom. The maximum absolute atomic E-state index is 12.5. The summed E-state index contributed by atoms with van der Waals surface area (Å²) in [5.41, 5.74) is 0.507. The first kappa shape index (κ1) is 11.1. The van der Waals surface area contributed by atoms with Gasteiger partial charge in [0.1, 0.15) is 5.82 Å². The number of hydrogen-bond donors (Lipinski definition) is 1. The second-order valence-electron chi connectivity index (χ2n) is 3.07. The molecule has 0 saturated heterocycles. The summed E-state index contributed by atoms with van der Waals surface area (Å²) >= 11 is 0. The van der Waals surface area contributed by atoms with Crippen LogP contribution in [0.2, 0.25) is 0 Å². The molecule has 4 nitrogen and oxygen atoms in total. The van der Waals surface area contributed by atoms with E-state index < -0.39 is 21.1 Å². The van der Waals surface area contributed by atoms with Gasteiger partial charge in [-0.15, -0.1) is 0 Å². The van der Waals surface area contributed by atoms with E-state index in [1.807, 2.05) is 0 Å². The van der Waals surface area contributed by atoms with Crippen molar-refractivity contribution in [1.82, 2.24) is 4.98 Å². The van der Waals surface area contributed by atoms with E-state index in [2.05, 4.69) is 4.98 Å². The highest BCUT2D eigenvalue weighted by Crippen LogP contribution is 2.05. The minimum absolute atomic E-state index is 0.194. The Balaban J connectivity index is 2.75. The van der Waals surface area contributed by atoms with E-state index in [9.17, 15) is 12.8 Å². The third-order valence-electron chi connectivity index (χ3n) is 1.85. The van der Waals surface area contributed by atoms with Gasteiger partial charge in [-0.1, -0.05) is 0 Å². The summed E-state index contributed by atoms with van der Waals surface area (Å²) in [4.78, 5) is 3.74. The predicted molar refractivity (Wildman–Crippen MR) is 50.5 cm³/mol. The second kappa shape index (κ2) is 4.02. The van der Waals surface area contributed by atoms with Crippen molar-refractivity contribution < 1.29 is 12.8 Å². The van der Waals surface area contributed by atoms with Crippen LogP contribution in [0, 0.1) is 5.82 Å². The highest BCUT2D eigenvalue weighted by molar-refractivity contribution is 7.89. The first-order valence-electron chi connectivity index (χ1n) is 4.01. The van der Waals surface area contributed by atoms with Crippen molar-refractivity contribution in [3.8, 4) is 0 Å². The zero-order chi connectivity index (χ0) is 10.8. The van der Waals surface area contributed by atoms with Crippen LogP contribution in [-0.2, 0) is 16.4 Å². The van der Waals surface area contributed by atoms with Gasteiger partial charge in [-0.2, -0.15) is 0 Å². The van der Waals surface area contributed by atoms with Gasteiger partial charge >= 0.3 is 0 Å². The Hall–Kier alpha value is -1.01. The maximum atomic E-state index is 12.5. The summed E-state index contributed by atoms with van der Waals surface area (Å²) < 4.78 is 34.2. The average molecular weight is 218 g/mol. The Morgan fingerprint density at radius 3 is 2.64 bits per heavy atom. The fraction of sp³-hybridized carbons (Fsp3) is 0.375. The molecule has 1 heterocycles. The molecule has 0 fully saturated rings. The molecule has 1 atom stereocenters. The zero-order valence-electron chi connectivity index (χ0n) is 7.64. The van der Waals surface area contributed by atoms with Crippen LogP contribution >= 0.6 is 0 Å². The highest BCUT2D eigenvalue weighted by atomic mass is 32.2. The molecular formula is C8H11FN2O2S. The lowest BCUT2D eigenvalue weighted by molar-refractivity contribution is 0.583. The maximum Gasteiger partial charge on any atom is 0.212 e. The minimum Gasteiger partial charge on any atom is -0.258 e. The molecule has 2 N–H and O–H groups in total. The Kier molecular flexibility index (Phi) is 3.17. The molecule has 0 radical (unpaired) electrons. The first-order valence-corrected chi connectivity index (χ1v) is 5.62. The van der Waals surface area contributed by atoms with Crippen molar-refractivity contribution in [2.75, 3.05) is 0 Å². The van der Waals surface area contributed by atoms with Crippen molar-refractivity contribution in [2.24, 2.45) is 5.14 Å². The van der Waals surface area contributed by atoms with Crippen LogP contribution < -0.4 is 5.14 Å². The Bertz CT molecular complexity index is 402. The SMILES string of the molecule is C[C@H](Cc1ccc(F)cn1)S(N)(=O)=O. The van der Waals surface area contributed by atoms with Crippen LogP contribution in [0.3, 0.4) is 0 Å². The Morgan fingerprint density at radius 1 is 1.57 bits per heavy atom. The first-order chi connectivity index (χ1) is 6.39. The number of nitrogens with two attached hydrogens (primary N) is 1. The van der Waals surface area contributed by atoms with Crippen molar-refractivity contribution in [1.29, 1.82) is 0 Å². The van der Waals surface area contributed by atoms with Crippen molar-refractivity contribution in [2.45, 2.75) is 18.6 Å². The van der Waals surface area contributed by atoms with Gasteiger partial charge in [-0.05, 0) is 19.1 Å². The fourth-order valence-electron chi connectivity index (χ4n) is 0.938. The average Bonchev–Trinajstić information content (AvgIpc) is 2.07. The predicted octanol–water partition coefficient (Wildman–Crippen LogP) is 0.440. The van der Waals surface area contributed by atoms with Crippen LogP contribution in [0.5, 0.6) is 0 Å². The quantitative estimate of drug-likeness (QED) is 0.800. The van der Waals surface area contributed by atoms with Crippen molar-refractivity contribution >= 4 is 10.0 Å². The molecule has 78 valence electrons. The summed E-state index contributed by atoms with van der Waals surface area (Å²) in [6.45, 7) is 1.49. The molecule has 1 aromatic rings. The molecule has 0 unspecified atom stereocenters. The third-order valence-corrected chi connectivity index (χ3v) is 3.13. The number of primary sulfonamides is 1. The van der Waals surface area contributed by atoms with Crippen molar-refractivity contribution in [3.05, 3.63) is 29.8 Å². The van der Waals surface area contributed by atoms with Gasteiger partial charge in [0.05, 0.1) is 11.4 Å². The van der Waals surface area contributed by atoms with E-state index >= 15 is 0 Å². The molecule has 0 aromatic carbocycles. The van der Waals surface area contributed by atoms with E-state index in [1.54, 1.807) is 0 Å². The number of hydrogen-bond acceptors (Lipinski definition) is 3. The standard InChI is InChI=1S/C8H11FN2O2S/c1-6(14(10,12)13)4-8-3-2-7(9)5-11-8/h2-3,5-6H,4H2,1H3,(H2,10,12,13)/t6-/m1/s1. The molecular weight excluding hydrogens is 207 g/mol. The van der Waals surface area contributed by atoms with E-state index in [-0.39, 0.29) is 6.42 Å². The van der Waals surface area contributed by atoms with E-state index in [4.69, 9.17) is 5.14 Å². The van der Waals surface area contributed by atoms with Gasteiger partial charge < -0.3 is 0 Å². The fourth-order valence-corrected chi connectivity index (χ4v) is 1.34. The van der Waals surface area contributed by atoms with E-state index in [1.165, 1.54) is 19.1 Å². The third kappa shape index (κ3) is 3.04. The summed E-state index contributed by atoms with van der Waals surface area (Å²) in [6.07, 6.45) is 1.24. The van der Waals surface area contributed by atoms with Crippen LogP contribution in [0.15, 0.2) is 18.3 Å². The van der Waals surface area contributed by atoms with Crippen molar-refractivity contribution in [3.63, 3.8) is 0 Å². The van der Waals surface area contributed by atoms with E-state index in [0.717, 1.165) is 6.20 Å². The molecule has 0 spiro atoms. The smallest absolute Gasteiger partial charge is 0.212 e. The lowest BCUT2D eigenvalue weighted by atomic mass is 10.2. The lowest BCUT2D eigenvalue weighted by Gasteiger charge is -2.07. The molecule has 14 heavy (non-hydrogen) atoms. The summed E-state index contributed by atoms with van der Waals surface area (Å²) in [7, 11) is -3.54. The second-order valence-corrected chi connectivity index (χ2v) is 5.05. The summed E-state index contributed by atoms with van der Waals surface area (Å²) in [6, 6.07) is 2.68. The van der Waals surface area contributed by atoms with Gasteiger partial charge in [0.15, 0.2) is 0 Å². The van der Waals surface area contributed by atoms with Gasteiger partial charge in [-0.25, -0.2) is 17.9 Å². The molecule has 0 aliphatic carbocycles. The molecule has 0 saturated carbocycles. The number of sulfonamides is 1. The molecule has 6 heteroatoms. The highest BCUT2D eigenvalue weighted by Gasteiger charge is 2.16. The molecule has 0 bridgehead atoms. The number of aromatic nitrogens is 1. The lowest BCUT2D eigenvalue weighted by Crippen LogP contribution is -2.27. The number of nitrogens with zero attached hydrogens (tertiary/aromatic N) is 1. The van der Waals surface area contributed by atoms with Gasteiger partial charge in [-0.3, -0.25) is 4.98 Å². The Labute approximate surface area is 82.0 Å². The number of halogens is 1. The minimum atomic E-state index is -3.54. The number of rotatable bonds is 3. The van der Waals surface area contributed by atoms with Crippen LogP contribution in [0.1, 0.15) is 12.6 Å². The van der Waals surface area contributed by atoms with Gasteiger partial charge in [0, 0.05) is 12.1 Å². The topological polar surface area (TPSA) is 73.0 Å². The van der Waals surface area contributed by atoms with Crippen LogP contribution in [0.4, 0.5) is 4.39 Å². The summed E-state index contributed by atoms with van der Waals surface area (Å²) in [5.74, 6) is -0.447. The molecule has 0 aliphatic heterocycles. The van der Waals surface area contributed by atoms with E-state index in [0.29, 0.717) is 5.69 Å². The molecule has 0 amide bonds. The largest absolute Gasteiger partial charge is 0.258 e. The van der Waals surface area contributed by atoms with Gasteiger partial charge in [0.2, 0.25) is 10.0 Å². The van der Waals surface area contributed by atoms with Gasteiger partial charge in [0.25, 0.3) is 0 Å².